The highest BCUT2D eigenvalue weighted by atomic mass is 127. The van der Waals surface area contributed by atoms with E-state index in [-0.39, 0.29) is 35.8 Å². The number of aliphatic imine (C=N–C) groups is 1. The third-order valence-corrected chi connectivity index (χ3v) is 4.24. The van der Waals surface area contributed by atoms with Crippen LogP contribution in [0.15, 0.2) is 29.3 Å². The maximum Gasteiger partial charge on any atom is 0.251 e. The molecule has 1 aromatic rings. The molecule has 0 aliphatic heterocycles. The number of carbonyl (C=O) groups is 2. The van der Waals surface area contributed by atoms with Crippen LogP contribution >= 0.6 is 24.0 Å². The number of hydrogen-bond acceptors (Lipinski definition) is 3. The van der Waals surface area contributed by atoms with Crippen LogP contribution in [0.2, 0.25) is 0 Å². The zero-order valence-electron chi connectivity index (χ0n) is 16.7. The van der Waals surface area contributed by atoms with Gasteiger partial charge in [0, 0.05) is 44.7 Å². The summed E-state index contributed by atoms with van der Waals surface area (Å²) in [5.74, 6) is 0.801. The van der Waals surface area contributed by atoms with E-state index in [0.717, 1.165) is 43.8 Å². The molecule has 1 aromatic carbocycles. The molecule has 0 bridgehead atoms. The van der Waals surface area contributed by atoms with Gasteiger partial charge >= 0.3 is 0 Å². The Labute approximate surface area is 184 Å². The van der Waals surface area contributed by atoms with Crippen LogP contribution in [0.3, 0.4) is 0 Å². The van der Waals surface area contributed by atoms with Gasteiger partial charge in [0.15, 0.2) is 5.96 Å². The Hall–Kier alpha value is -1.84. The molecule has 156 valence electrons. The van der Waals surface area contributed by atoms with Crippen molar-refractivity contribution >= 4 is 41.8 Å². The predicted octanol–water partition coefficient (Wildman–Crippen LogP) is 1.82. The van der Waals surface area contributed by atoms with Crippen LogP contribution in [0.1, 0.15) is 48.5 Å². The van der Waals surface area contributed by atoms with Gasteiger partial charge in [-0.1, -0.05) is 12.1 Å². The highest BCUT2D eigenvalue weighted by Crippen LogP contribution is 2.18. The molecular formula is C20H32IN5O2. The number of benzene rings is 1. The lowest BCUT2D eigenvalue weighted by molar-refractivity contribution is -0.121. The van der Waals surface area contributed by atoms with E-state index in [1.165, 1.54) is 0 Å². The van der Waals surface area contributed by atoms with Gasteiger partial charge in [0.05, 0.1) is 0 Å². The van der Waals surface area contributed by atoms with Crippen LogP contribution in [-0.4, -0.2) is 50.5 Å². The minimum absolute atomic E-state index is 0. The summed E-state index contributed by atoms with van der Waals surface area (Å²) in [7, 11) is 1.63. The molecule has 1 fully saturated rings. The zero-order chi connectivity index (χ0) is 19.5. The Kier molecular flexibility index (Phi) is 11.5. The number of nitrogens with one attached hydrogen (secondary N) is 4. The number of guanidine groups is 1. The van der Waals surface area contributed by atoms with Crippen LogP contribution in [0.25, 0.3) is 0 Å². The molecule has 1 aliphatic rings. The summed E-state index contributed by atoms with van der Waals surface area (Å²) >= 11 is 0. The number of rotatable bonds is 10. The van der Waals surface area contributed by atoms with Crippen molar-refractivity contribution in [1.82, 2.24) is 21.3 Å². The summed E-state index contributed by atoms with van der Waals surface area (Å²) in [5.41, 5.74) is 1.76. The van der Waals surface area contributed by atoms with Crippen molar-refractivity contribution < 1.29 is 9.59 Å². The highest BCUT2D eigenvalue weighted by molar-refractivity contribution is 14.0. The van der Waals surface area contributed by atoms with Gasteiger partial charge in [-0.15, -0.1) is 24.0 Å². The molecule has 2 amide bonds. The number of halogens is 1. The van der Waals surface area contributed by atoms with Crippen molar-refractivity contribution in [2.45, 2.75) is 45.1 Å². The van der Waals surface area contributed by atoms with Crippen LogP contribution in [-0.2, 0) is 11.2 Å². The van der Waals surface area contributed by atoms with E-state index in [0.29, 0.717) is 31.1 Å². The first kappa shape index (κ1) is 24.2. The molecule has 0 radical (unpaired) electrons. The van der Waals surface area contributed by atoms with Gasteiger partial charge < -0.3 is 21.3 Å². The minimum atomic E-state index is -0.0783. The minimum Gasteiger partial charge on any atom is -0.357 e. The third kappa shape index (κ3) is 9.38. The fourth-order valence-electron chi connectivity index (χ4n) is 2.64. The van der Waals surface area contributed by atoms with Gasteiger partial charge in [0.2, 0.25) is 5.91 Å². The van der Waals surface area contributed by atoms with Crippen molar-refractivity contribution in [2.24, 2.45) is 4.99 Å². The first-order valence-electron chi connectivity index (χ1n) is 9.75. The fourth-order valence-corrected chi connectivity index (χ4v) is 2.64. The maximum atomic E-state index is 11.7. The lowest BCUT2D eigenvalue weighted by Crippen LogP contribution is -2.38. The fraction of sp³-hybridized carbons (Fsp3) is 0.550. The molecule has 0 unspecified atom stereocenters. The van der Waals surface area contributed by atoms with E-state index in [1.54, 1.807) is 13.1 Å². The Morgan fingerprint density at radius 1 is 1.21 bits per heavy atom. The van der Waals surface area contributed by atoms with Crippen molar-refractivity contribution in [3.05, 3.63) is 35.4 Å². The van der Waals surface area contributed by atoms with E-state index in [2.05, 4.69) is 26.3 Å². The van der Waals surface area contributed by atoms with Crippen molar-refractivity contribution in [3.8, 4) is 0 Å². The molecular weight excluding hydrogens is 469 g/mol. The van der Waals surface area contributed by atoms with E-state index < -0.39 is 0 Å². The number of hydrogen-bond donors (Lipinski definition) is 4. The normalized spacial score (nSPS) is 13.3. The summed E-state index contributed by atoms with van der Waals surface area (Å²) in [4.78, 5) is 27.9. The monoisotopic (exact) mass is 501 g/mol. The second kappa shape index (κ2) is 13.4. The quantitative estimate of drug-likeness (QED) is 0.170. The lowest BCUT2D eigenvalue weighted by atomic mass is 10.1. The molecule has 0 spiro atoms. The topological polar surface area (TPSA) is 94.6 Å². The van der Waals surface area contributed by atoms with Crippen molar-refractivity contribution in [3.63, 3.8) is 0 Å². The summed E-state index contributed by atoms with van der Waals surface area (Å²) in [6.07, 6.45) is 4.28. The van der Waals surface area contributed by atoms with E-state index in [4.69, 9.17) is 0 Å². The van der Waals surface area contributed by atoms with Crippen molar-refractivity contribution in [2.75, 3.05) is 26.7 Å². The first-order chi connectivity index (χ1) is 13.1. The summed E-state index contributed by atoms with van der Waals surface area (Å²) in [5, 5.41) is 12.1. The van der Waals surface area contributed by atoms with Crippen LogP contribution in [0.5, 0.6) is 0 Å². The van der Waals surface area contributed by atoms with Gasteiger partial charge in [-0.3, -0.25) is 14.6 Å². The molecule has 28 heavy (non-hydrogen) atoms. The maximum absolute atomic E-state index is 11.7. The van der Waals surface area contributed by atoms with Crippen LogP contribution in [0, 0.1) is 0 Å². The number of amides is 2. The molecule has 4 N–H and O–H groups in total. The van der Waals surface area contributed by atoms with Gasteiger partial charge in [-0.25, -0.2) is 0 Å². The molecule has 0 saturated heterocycles. The molecule has 8 heteroatoms. The van der Waals surface area contributed by atoms with E-state index in [1.807, 2.05) is 25.1 Å². The molecule has 1 aliphatic carbocycles. The van der Waals surface area contributed by atoms with Gasteiger partial charge in [0.25, 0.3) is 5.91 Å². The summed E-state index contributed by atoms with van der Waals surface area (Å²) < 4.78 is 0. The Bertz CT molecular complexity index is 662. The first-order valence-corrected chi connectivity index (χ1v) is 9.75. The van der Waals surface area contributed by atoms with Gasteiger partial charge in [-0.05, 0) is 50.3 Å². The largest absolute Gasteiger partial charge is 0.357 e. The van der Waals surface area contributed by atoms with Gasteiger partial charge in [0.1, 0.15) is 0 Å². The zero-order valence-corrected chi connectivity index (χ0v) is 19.0. The molecule has 0 atom stereocenters. The summed E-state index contributed by atoms with van der Waals surface area (Å²) in [6, 6.07) is 8.04. The summed E-state index contributed by atoms with van der Waals surface area (Å²) in [6.45, 7) is 4.12. The number of carbonyl (C=O) groups excluding carboxylic acids is 2. The van der Waals surface area contributed by atoms with Crippen LogP contribution in [0.4, 0.5) is 0 Å². The van der Waals surface area contributed by atoms with Crippen molar-refractivity contribution in [1.29, 1.82) is 0 Å². The van der Waals surface area contributed by atoms with Crippen LogP contribution < -0.4 is 21.3 Å². The second-order valence-electron chi connectivity index (χ2n) is 6.66. The van der Waals surface area contributed by atoms with Gasteiger partial charge in [-0.2, -0.15) is 0 Å². The molecule has 1 saturated carbocycles. The van der Waals surface area contributed by atoms with E-state index in [9.17, 15) is 9.59 Å². The molecule has 7 nitrogen and oxygen atoms in total. The average Bonchev–Trinajstić information content (AvgIpc) is 3.48. The average molecular weight is 501 g/mol. The number of nitrogens with zero attached hydrogens (tertiary/aromatic N) is 1. The molecule has 2 rings (SSSR count). The smallest absolute Gasteiger partial charge is 0.251 e. The second-order valence-corrected chi connectivity index (χ2v) is 6.66. The highest BCUT2D eigenvalue weighted by Gasteiger charge is 2.22. The SMILES string of the molecule is CCNC(=NCCCC(=O)NC1CC1)NCCc1cccc(C(=O)NC)c1.I. The molecule has 0 aromatic heterocycles. The predicted molar refractivity (Wildman–Crippen MR) is 123 cm³/mol. The Balaban J connectivity index is 0.00000392. The standard InChI is InChI=1S/C20H31N5O2.HI/c1-3-22-20(23-12-5-8-18(26)25-17-9-10-17)24-13-11-15-6-4-7-16(14-15)19(27)21-2;/h4,6-7,14,17H,3,5,8-13H2,1-2H3,(H,21,27)(H,25,26)(H2,22,23,24);1H. The third-order valence-electron chi connectivity index (χ3n) is 4.24. The Morgan fingerprint density at radius 3 is 2.68 bits per heavy atom. The van der Waals surface area contributed by atoms with E-state index >= 15 is 0 Å². The Morgan fingerprint density at radius 2 is 2.00 bits per heavy atom. The lowest BCUT2D eigenvalue weighted by Gasteiger charge is -2.11. The molecule has 0 heterocycles.